The van der Waals surface area contributed by atoms with Crippen molar-refractivity contribution in [3.8, 4) is 0 Å². The fraction of sp³-hybridized carbons (Fsp3) is 0.444. The molecule has 1 aromatic carbocycles. The van der Waals surface area contributed by atoms with Crippen LogP contribution in [0.25, 0.3) is 0 Å². The van der Waals surface area contributed by atoms with Gasteiger partial charge in [0.2, 0.25) is 0 Å². The predicted octanol–water partition coefficient (Wildman–Crippen LogP) is 2.43. The van der Waals surface area contributed by atoms with Gasteiger partial charge in [-0.2, -0.15) is 5.10 Å². The van der Waals surface area contributed by atoms with Crippen molar-refractivity contribution in [2.45, 2.75) is 31.8 Å². The zero-order valence-corrected chi connectivity index (χ0v) is 14.5. The maximum atomic E-state index is 12.7. The Bertz CT molecular complexity index is 709. The molecule has 0 aliphatic carbocycles. The molecule has 6 heteroatoms. The summed E-state index contributed by atoms with van der Waals surface area (Å²) in [5, 5.41) is 7.94. The van der Waals surface area contributed by atoms with E-state index in [1.54, 1.807) is 0 Å². The lowest BCUT2D eigenvalue weighted by molar-refractivity contribution is 0.0727. The zero-order chi connectivity index (χ0) is 15.6. The molecule has 0 spiro atoms. The second kappa shape index (κ2) is 7.36. The molecule has 1 aromatic heterocycles. The van der Waals surface area contributed by atoms with Crippen molar-refractivity contribution in [2.24, 2.45) is 0 Å². The van der Waals surface area contributed by atoms with E-state index in [4.69, 9.17) is 0 Å². The SMILES string of the molecule is Cl.O=C(c1ccn(C2CCCNC2)n1)N1CCc2ccccc2C1. The number of amides is 1. The summed E-state index contributed by atoms with van der Waals surface area (Å²) in [6.45, 7) is 3.48. The smallest absolute Gasteiger partial charge is 0.274 e. The Balaban J connectivity index is 0.00000169. The number of hydrogen-bond donors (Lipinski definition) is 1. The molecule has 0 radical (unpaired) electrons. The molecule has 2 aliphatic heterocycles. The summed E-state index contributed by atoms with van der Waals surface area (Å²) in [5.41, 5.74) is 3.17. The number of rotatable bonds is 2. The number of fused-ring (bicyclic) bond motifs is 1. The Hall–Kier alpha value is -1.85. The van der Waals surface area contributed by atoms with Gasteiger partial charge >= 0.3 is 0 Å². The van der Waals surface area contributed by atoms with Crippen molar-refractivity contribution in [3.05, 3.63) is 53.3 Å². The lowest BCUT2D eigenvalue weighted by Crippen LogP contribution is -2.36. The van der Waals surface area contributed by atoms with E-state index in [-0.39, 0.29) is 18.3 Å². The van der Waals surface area contributed by atoms with E-state index in [9.17, 15) is 4.79 Å². The van der Waals surface area contributed by atoms with Crippen molar-refractivity contribution in [1.82, 2.24) is 20.0 Å². The highest BCUT2D eigenvalue weighted by Crippen LogP contribution is 2.21. The molecule has 1 N–H and O–H groups in total. The van der Waals surface area contributed by atoms with Gasteiger partial charge in [0, 0.05) is 25.8 Å². The number of halogens is 1. The maximum Gasteiger partial charge on any atom is 0.274 e. The molecular weight excluding hydrogens is 324 g/mol. The molecule has 0 saturated carbocycles. The van der Waals surface area contributed by atoms with Gasteiger partial charge in [-0.05, 0) is 43.0 Å². The van der Waals surface area contributed by atoms with Gasteiger partial charge in [0.25, 0.3) is 5.91 Å². The van der Waals surface area contributed by atoms with Gasteiger partial charge in [0.05, 0.1) is 6.04 Å². The van der Waals surface area contributed by atoms with Crippen LogP contribution in [0, 0.1) is 0 Å². The normalized spacial score (nSPS) is 20.2. The van der Waals surface area contributed by atoms with Crippen LogP contribution in [-0.4, -0.2) is 40.2 Å². The van der Waals surface area contributed by atoms with Crippen LogP contribution >= 0.6 is 12.4 Å². The molecule has 1 fully saturated rings. The van der Waals surface area contributed by atoms with E-state index in [0.29, 0.717) is 18.3 Å². The van der Waals surface area contributed by atoms with Gasteiger partial charge in [0.15, 0.2) is 0 Å². The maximum absolute atomic E-state index is 12.7. The Morgan fingerprint density at radius 3 is 2.83 bits per heavy atom. The summed E-state index contributed by atoms with van der Waals surface area (Å²) in [4.78, 5) is 14.7. The van der Waals surface area contributed by atoms with Crippen molar-refractivity contribution in [2.75, 3.05) is 19.6 Å². The first-order valence-corrected chi connectivity index (χ1v) is 8.43. The molecule has 2 aromatic rings. The molecule has 1 unspecified atom stereocenters. The minimum atomic E-state index is 0. The van der Waals surface area contributed by atoms with E-state index < -0.39 is 0 Å². The fourth-order valence-electron chi connectivity index (χ4n) is 3.55. The first-order valence-electron chi connectivity index (χ1n) is 8.43. The Morgan fingerprint density at radius 1 is 1.21 bits per heavy atom. The summed E-state index contributed by atoms with van der Waals surface area (Å²) < 4.78 is 1.96. The molecule has 5 nitrogen and oxygen atoms in total. The number of nitrogens with one attached hydrogen (secondary N) is 1. The molecule has 2 aliphatic rings. The van der Waals surface area contributed by atoms with Crippen LogP contribution in [0.15, 0.2) is 36.5 Å². The lowest BCUT2D eigenvalue weighted by atomic mass is 10.00. The van der Waals surface area contributed by atoms with E-state index in [2.05, 4.69) is 28.6 Å². The highest BCUT2D eigenvalue weighted by Gasteiger charge is 2.24. The summed E-state index contributed by atoms with van der Waals surface area (Å²) >= 11 is 0. The topological polar surface area (TPSA) is 50.2 Å². The standard InChI is InChI=1S/C18H22N4O.ClH/c23-18(21-10-7-14-4-1-2-5-15(14)13-21)17-8-11-22(20-17)16-6-3-9-19-12-16;/h1-2,4-5,8,11,16,19H,3,6-7,9-10,12-13H2;1H. The van der Waals surface area contributed by atoms with Gasteiger partial charge in [-0.3, -0.25) is 9.48 Å². The van der Waals surface area contributed by atoms with Gasteiger partial charge in [-0.25, -0.2) is 0 Å². The lowest BCUT2D eigenvalue weighted by Gasteiger charge is -2.28. The van der Waals surface area contributed by atoms with Crippen molar-refractivity contribution >= 4 is 18.3 Å². The van der Waals surface area contributed by atoms with Crippen molar-refractivity contribution in [1.29, 1.82) is 0 Å². The average Bonchev–Trinajstić information content (AvgIpc) is 3.11. The molecule has 1 amide bonds. The van der Waals surface area contributed by atoms with Crippen LogP contribution in [-0.2, 0) is 13.0 Å². The van der Waals surface area contributed by atoms with E-state index in [1.807, 2.05) is 27.9 Å². The summed E-state index contributed by atoms with van der Waals surface area (Å²) in [6, 6.07) is 10.6. The summed E-state index contributed by atoms with van der Waals surface area (Å²) in [7, 11) is 0. The molecular formula is C18H23ClN4O. The largest absolute Gasteiger partial charge is 0.333 e. The third kappa shape index (κ3) is 3.32. The van der Waals surface area contributed by atoms with Crippen LogP contribution in [0.4, 0.5) is 0 Å². The fourth-order valence-corrected chi connectivity index (χ4v) is 3.55. The first kappa shape index (κ1) is 17.0. The quantitative estimate of drug-likeness (QED) is 0.908. The number of nitrogens with zero attached hydrogens (tertiary/aromatic N) is 3. The molecule has 24 heavy (non-hydrogen) atoms. The van der Waals surface area contributed by atoms with E-state index in [0.717, 1.165) is 38.9 Å². The minimum Gasteiger partial charge on any atom is -0.333 e. The first-order chi connectivity index (χ1) is 11.3. The van der Waals surface area contributed by atoms with Gasteiger partial charge < -0.3 is 10.2 Å². The summed E-state index contributed by atoms with van der Waals surface area (Å²) in [5.74, 6) is 0.0435. The second-order valence-corrected chi connectivity index (χ2v) is 6.43. The van der Waals surface area contributed by atoms with Gasteiger partial charge in [-0.1, -0.05) is 24.3 Å². The second-order valence-electron chi connectivity index (χ2n) is 6.43. The van der Waals surface area contributed by atoms with Crippen LogP contribution in [0.3, 0.4) is 0 Å². The monoisotopic (exact) mass is 346 g/mol. The van der Waals surface area contributed by atoms with Gasteiger partial charge in [0.1, 0.15) is 5.69 Å². The summed E-state index contributed by atoms with van der Waals surface area (Å²) in [6.07, 6.45) is 5.16. The van der Waals surface area contributed by atoms with E-state index in [1.165, 1.54) is 11.1 Å². The van der Waals surface area contributed by atoms with Crippen LogP contribution in [0.2, 0.25) is 0 Å². The molecule has 128 valence electrons. The van der Waals surface area contributed by atoms with Crippen molar-refractivity contribution < 1.29 is 4.79 Å². The zero-order valence-electron chi connectivity index (χ0n) is 13.6. The highest BCUT2D eigenvalue weighted by atomic mass is 35.5. The third-order valence-corrected chi connectivity index (χ3v) is 4.89. The number of carbonyl (C=O) groups is 1. The predicted molar refractivity (Wildman–Crippen MR) is 95.5 cm³/mol. The Morgan fingerprint density at radius 2 is 2.04 bits per heavy atom. The molecule has 1 atom stereocenters. The van der Waals surface area contributed by atoms with Crippen LogP contribution in [0.1, 0.15) is 40.5 Å². The number of aromatic nitrogens is 2. The molecule has 3 heterocycles. The number of carbonyl (C=O) groups excluding carboxylic acids is 1. The molecule has 0 bridgehead atoms. The van der Waals surface area contributed by atoms with E-state index >= 15 is 0 Å². The third-order valence-electron chi connectivity index (χ3n) is 4.89. The number of piperidine rings is 1. The van der Waals surface area contributed by atoms with Gasteiger partial charge in [-0.15, -0.1) is 12.4 Å². The number of benzene rings is 1. The average molecular weight is 347 g/mol. The van der Waals surface area contributed by atoms with Crippen molar-refractivity contribution in [3.63, 3.8) is 0 Å². The Kier molecular flexibility index (Phi) is 5.21. The van der Waals surface area contributed by atoms with Crippen LogP contribution in [0.5, 0.6) is 0 Å². The molecule has 1 saturated heterocycles. The minimum absolute atomic E-state index is 0. The highest BCUT2D eigenvalue weighted by molar-refractivity contribution is 5.92. The Labute approximate surface area is 148 Å². The molecule has 4 rings (SSSR count). The number of hydrogen-bond acceptors (Lipinski definition) is 3. The van der Waals surface area contributed by atoms with Crippen LogP contribution < -0.4 is 5.32 Å².